The smallest absolute Gasteiger partial charge is 0.0705 e. The van der Waals surface area contributed by atoms with Crippen LogP contribution in [0.4, 0.5) is 0 Å². The van der Waals surface area contributed by atoms with Crippen LogP contribution < -0.4 is 0 Å². The van der Waals surface area contributed by atoms with E-state index in [1.165, 1.54) is 0 Å². The van der Waals surface area contributed by atoms with E-state index in [-0.39, 0.29) is 0 Å². The summed E-state index contributed by atoms with van der Waals surface area (Å²) < 4.78 is 0. The van der Waals surface area contributed by atoms with Crippen molar-refractivity contribution in [3.63, 3.8) is 0 Å². The zero-order valence-electron chi connectivity index (χ0n) is 7.70. The normalized spacial score (nSPS) is 10.4. The molecule has 0 saturated carbocycles. The van der Waals surface area contributed by atoms with Crippen molar-refractivity contribution in [1.29, 1.82) is 0 Å². The van der Waals surface area contributed by atoms with Crippen LogP contribution in [0.15, 0.2) is 48.0 Å². The zero-order valence-corrected chi connectivity index (χ0v) is 8.46. The Morgan fingerprint density at radius 1 is 1.21 bits per heavy atom. The first-order chi connectivity index (χ1) is 6.75. The predicted molar refractivity (Wildman–Crippen MR) is 60.4 cm³/mol. The number of rotatable bonds is 2. The molecule has 1 aromatic carbocycles. The average molecular weight is 204 g/mol. The fraction of sp³-hybridized carbons (Fsp3) is 0.0833. The lowest BCUT2D eigenvalue weighted by atomic mass is 10.2. The van der Waals surface area contributed by atoms with E-state index < -0.39 is 0 Å². The minimum atomic E-state index is 0.618. The zero-order chi connectivity index (χ0) is 9.97. The van der Waals surface area contributed by atoms with Crippen molar-refractivity contribution in [3.05, 3.63) is 53.7 Å². The van der Waals surface area contributed by atoms with Crippen molar-refractivity contribution in [1.82, 2.24) is 4.98 Å². The third kappa shape index (κ3) is 1.94. The average Bonchev–Trinajstić information content (AvgIpc) is 2.17. The molecule has 0 aliphatic heterocycles. The van der Waals surface area contributed by atoms with E-state index in [1.807, 2.05) is 30.3 Å². The number of hydrogen-bond acceptors (Lipinski definition) is 1. The molecule has 0 aliphatic carbocycles. The van der Waals surface area contributed by atoms with Crippen LogP contribution in [0.5, 0.6) is 0 Å². The van der Waals surface area contributed by atoms with Crippen molar-refractivity contribution < 1.29 is 0 Å². The van der Waals surface area contributed by atoms with E-state index in [0.717, 1.165) is 16.6 Å². The van der Waals surface area contributed by atoms with E-state index in [1.54, 1.807) is 0 Å². The second-order valence-electron chi connectivity index (χ2n) is 3.19. The maximum absolute atomic E-state index is 5.73. The topological polar surface area (TPSA) is 12.9 Å². The van der Waals surface area contributed by atoms with Gasteiger partial charge in [-0.05, 0) is 12.1 Å². The van der Waals surface area contributed by atoms with Gasteiger partial charge in [-0.25, -0.2) is 0 Å². The summed E-state index contributed by atoms with van der Waals surface area (Å²) in [5.41, 5.74) is 1.96. The van der Waals surface area contributed by atoms with Gasteiger partial charge in [0.05, 0.1) is 5.52 Å². The van der Waals surface area contributed by atoms with Gasteiger partial charge in [-0.15, -0.1) is 0 Å². The second kappa shape index (κ2) is 3.81. The summed E-state index contributed by atoms with van der Waals surface area (Å²) in [6, 6.07) is 12.1. The van der Waals surface area contributed by atoms with Crippen LogP contribution in [0.3, 0.4) is 0 Å². The Hall–Kier alpha value is -1.34. The molecule has 0 unspecified atom stereocenters. The van der Waals surface area contributed by atoms with E-state index in [4.69, 9.17) is 11.6 Å². The summed E-state index contributed by atoms with van der Waals surface area (Å²) in [4.78, 5) is 4.47. The maximum atomic E-state index is 5.73. The predicted octanol–water partition coefficient (Wildman–Crippen LogP) is 3.53. The molecule has 0 bridgehead atoms. The number of allylic oxidation sites excluding steroid dienone is 1. The molecule has 70 valence electrons. The molecule has 2 aromatic rings. The molecule has 0 saturated heterocycles. The monoisotopic (exact) mass is 203 g/mol. The van der Waals surface area contributed by atoms with E-state index in [2.05, 4.69) is 17.6 Å². The molecule has 0 aliphatic rings. The first-order valence-corrected chi connectivity index (χ1v) is 4.81. The molecule has 2 rings (SSSR count). The lowest BCUT2D eigenvalue weighted by molar-refractivity contribution is 1.13. The molecule has 1 nitrogen and oxygen atoms in total. The Morgan fingerprint density at radius 2 is 2.00 bits per heavy atom. The first-order valence-electron chi connectivity index (χ1n) is 4.43. The Labute approximate surface area is 88.0 Å². The van der Waals surface area contributed by atoms with Crippen LogP contribution >= 0.6 is 11.6 Å². The number of para-hydroxylation sites is 1. The standard InChI is InChI=1S/C12H10ClN/c1-9(13)8-11-7-6-10-4-2-3-5-12(10)14-11/h2-7H,1,8H2. The fourth-order valence-corrected chi connectivity index (χ4v) is 1.54. The van der Waals surface area contributed by atoms with E-state index >= 15 is 0 Å². The molecule has 0 amide bonds. The molecule has 0 radical (unpaired) electrons. The van der Waals surface area contributed by atoms with Gasteiger partial charge < -0.3 is 0 Å². The van der Waals surface area contributed by atoms with Crippen LogP contribution in [-0.2, 0) is 6.42 Å². The van der Waals surface area contributed by atoms with Crippen LogP contribution in [0.25, 0.3) is 10.9 Å². The van der Waals surface area contributed by atoms with E-state index in [9.17, 15) is 0 Å². The molecule has 1 aromatic heterocycles. The summed E-state index contributed by atoms with van der Waals surface area (Å²) in [6.07, 6.45) is 0.631. The van der Waals surface area contributed by atoms with Gasteiger partial charge >= 0.3 is 0 Å². The minimum Gasteiger partial charge on any atom is -0.252 e. The molecule has 1 heterocycles. The summed E-state index contributed by atoms with van der Waals surface area (Å²) >= 11 is 5.73. The molecular formula is C12H10ClN. The maximum Gasteiger partial charge on any atom is 0.0705 e. The number of benzene rings is 1. The fourth-order valence-electron chi connectivity index (χ4n) is 1.40. The molecule has 0 fully saturated rings. The molecule has 0 atom stereocenters. The lowest BCUT2D eigenvalue weighted by Crippen LogP contribution is -1.89. The van der Waals surface area contributed by atoms with Crippen LogP contribution in [0, 0.1) is 0 Å². The highest BCUT2D eigenvalue weighted by atomic mass is 35.5. The quantitative estimate of drug-likeness (QED) is 0.728. The molecule has 0 N–H and O–H groups in total. The van der Waals surface area contributed by atoms with Crippen molar-refractivity contribution in [2.24, 2.45) is 0 Å². The molecule has 2 heteroatoms. The summed E-state index contributed by atoms with van der Waals surface area (Å²) in [6.45, 7) is 3.66. The SMILES string of the molecule is C=C(Cl)Cc1ccc2ccccc2n1. The van der Waals surface area contributed by atoms with Gasteiger partial charge in [-0.2, -0.15) is 0 Å². The van der Waals surface area contributed by atoms with Gasteiger partial charge in [0, 0.05) is 22.5 Å². The number of pyridine rings is 1. The lowest BCUT2D eigenvalue weighted by Gasteiger charge is -2.00. The number of aromatic nitrogens is 1. The largest absolute Gasteiger partial charge is 0.252 e. The third-order valence-corrected chi connectivity index (χ3v) is 2.16. The number of halogens is 1. The number of hydrogen-bond donors (Lipinski definition) is 0. The molecule has 14 heavy (non-hydrogen) atoms. The van der Waals surface area contributed by atoms with Gasteiger partial charge in [0.2, 0.25) is 0 Å². The third-order valence-electron chi connectivity index (χ3n) is 2.03. The first kappa shape index (κ1) is 9.22. The van der Waals surface area contributed by atoms with Gasteiger partial charge in [0.25, 0.3) is 0 Å². The highest BCUT2D eigenvalue weighted by Gasteiger charge is 1.98. The molecule has 0 spiro atoms. The van der Waals surface area contributed by atoms with Crippen LogP contribution in [0.2, 0.25) is 0 Å². The van der Waals surface area contributed by atoms with Crippen molar-refractivity contribution >= 4 is 22.5 Å². The van der Waals surface area contributed by atoms with Crippen molar-refractivity contribution in [2.45, 2.75) is 6.42 Å². The summed E-state index contributed by atoms with van der Waals surface area (Å²) in [5.74, 6) is 0. The van der Waals surface area contributed by atoms with Gasteiger partial charge in [0.15, 0.2) is 0 Å². The van der Waals surface area contributed by atoms with Crippen LogP contribution in [0.1, 0.15) is 5.69 Å². The Balaban J connectivity index is 2.46. The second-order valence-corrected chi connectivity index (χ2v) is 3.72. The number of nitrogens with zero attached hydrogens (tertiary/aromatic N) is 1. The van der Waals surface area contributed by atoms with Gasteiger partial charge in [-0.1, -0.05) is 42.4 Å². The van der Waals surface area contributed by atoms with Gasteiger partial charge in [0.1, 0.15) is 0 Å². The molecular weight excluding hydrogens is 194 g/mol. The van der Waals surface area contributed by atoms with E-state index in [0.29, 0.717) is 11.5 Å². The summed E-state index contributed by atoms with van der Waals surface area (Å²) in [7, 11) is 0. The summed E-state index contributed by atoms with van der Waals surface area (Å²) in [5, 5.41) is 1.77. The van der Waals surface area contributed by atoms with Gasteiger partial charge in [-0.3, -0.25) is 4.98 Å². The number of fused-ring (bicyclic) bond motifs is 1. The van der Waals surface area contributed by atoms with Crippen LogP contribution in [-0.4, -0.2) is 4.98 Å². The highest BCUT2D eigenvalue weighted by molar-refractivity contribution is 6.29. The Morgan fingerprint density at radius 3 is 2.79 bits per heavy atom. The Kier molecular flexibility index (Phi) is 2.51. The van der Waals surface area contributed by atoms with Crippen molar-refractivity contribution in [3.8, 4) is 0 Å². The minimum absolute atomic E-state index is 0.618. The Bertz CT molecular complexity index is 476. The highest BCUT2D eigenvalue weighted by Crippen LogP contribution is 2.14. The van der Waals surface area contributed by atoms with Crippen molar-refractivity contribution in [2.75, 3.05) is 0 Å².